The second-order valence-electron chi connectivity index (χ2n) is 5.89. The van der Waals surface area contributed by atoms with Crippen molar-refractivity contribution in [1.82, 2.24) is 0 Å². The largest absolute Gasteiger partial charge is 0.482 e. The lowest BCUT2D eigenvalue weighted by Crippen LogP contribution is -2.15. The molecule has 0 saturated heterocycles. The summed E-state index contributed by atoms with van der Waals surface area (Å²) in [7, 11) is 0. The summed E-state index contributed by atoms with van der Waals surface area (Å²) in [5, 5.41) is 3.22. The number of esters is 1. The quantitative estimate of drug-likeness (QED) is 0.459. The third-order valence-electron chi connectivity index (χ3n) is 3.69. The average molecular weight is 446 g/mol. The van der Waals surface area contributed by atoms with Gasteiger partial charge in [0.05, 0.1) is 0 Å². The Kier molecular flexibility index (Phi) is 6.10. The molecule has 28 heavy (non-hydrogen) atoms. The van der Waals surface area contributed by atoms with Crippen LogP contribution in [0.15, 0.2) is 62.2 Å². The number of hydrogen-bond donors (Lipinski definition) is 1. The summed E-state index contributed by atoms with van der Waals surface area (Å²) in [4.78, 5) is 34.9. The fourth-order valence-corrected chi connectivity index (χ4v) is 2.91. The highest BCUT2D eigenvalue weighted by Crippen LogP contribution is 2.22. The number of anilines is 1. The van der Waals surface area contributed by atoms with Crippen LogP contribution in [0.2, 0.25) is 0 Å². The molecule has 0 unspecified atom stereocenters. The van der Waals surface area contributed by atoms with E-state index in [9.17, 15) is 14.4 Å². The van der Waals surface area contributed by atoms with Gasteiger partial charge in [0.1, 0.15) is 17.9 Å². The summed E-state index contributed by atoms with van der Waals surface area (Å²) < 4.78 is 16.6. The second-order valence-corrected chi connectivity index (χ2v) is 6.81. The van der Waals surface area contributed by atoms with Gasteiger partial charge in [-0.1, -0.05) is 22.0 Å². The first-order valence-electron chi connectivity index (χ1n) is 8.29. The Labute approximate surface area is 168 Å². The highest BCUT2D eigenvalue weighted by molar-refractivity contribution is 9.10. The van der Waals surface area contributed by atoms with Crippen molar-refractivity contribution < 1.29 is 23.5 Å². The number of carbonyl (C=O) groups excluding carboxylic acids is 2. The molecule has 1 amide bonds. The molecule has 1 heterocycles. The molecule has 0 aliphatic heterocycles. The van der Waals surface area contributed by atoms with Crippen molar-refractivity contribution in [3.63, 3.8) is 0 Å². The van der Waals surface area contributed by atoms with E-state index in [0.29, 0.717) is 22.4 Å². The van der Waals surface area contributed by atoms with Gasteiger partial charge in [-0.25, -0.2) is 9.59 Å². The van der Waals surface area contributed by atoms with Crippen LogP contribution in [0, 0.1) is 0 Å². The van der Waals surface area contributed by atoms with Crippen molar-refractivity contribution in [3.8, 4) is 5.75 Å². The van der Waals surface area contributed by atoms with E-state index in [0.717, 1.165) is 4.47 Å². The van der Waals surface area contributed by atoms with E-state index >= 15 is 0 Å². The molecule has 144 valence electrons. The topological polar surface area (TPSA) is 94.8 Å². The smallest absolute Gasteiger partial charge is 0.344 e. The Balaban J connectivity index is 1.68. The van der Waals surface area contributed by atoms with Gasteiger partial charge in [-0.3, -0.25) is 4.79 Å². The normalized spacial score (nSPS) is 10.5. The van der Waals surface area contributed by atoms with Crippen molar-refractivity contribution in [1.29, 1.82) is 0 Å². The van der Waals surface area contributed by atoms with Gasteiger partial charge in [0, 0.05) is 40.2 Å². The van der Waals surface area contributed by atoms with E-state index in [1.807, 2.05) is 6.07 Å². The summed E-state index contributed by atoms with van der Waals surface area (Å²) in [6.07, 6.45) is 0. The highest BCUT2D eigenvalue weighted by atomic mass is 79.9. The minimum Gasteiger partial charge on any atom is -0.482 e. The molecular weight excluding hydrogens is 430 g/mol. The van der Waals surface area contributed by atoms with Crippen molar-refractivity contribution >= 4 is 44.5 Å². The van der Waals surface area contributed by atoms with Crippen LogP contribution in [0.25, 0.3) is 11.0 Å². The van der Waals surface area contributed by atoms with Gasteiger partial charge in [0.25, 0.3) is 0 Å². The Morgan fingerprint density at radius 1 is 1.14 bits per heavy atom. The predicted octanol–water partition coefficient (Wildman–Crippen LogP) is 3.64. The molecule has 7 nitrogen and oxygen atoms in total. The van der Waals surface area contributed by atoms with Gasteiger partial charge >= 0.3 is 11.6 Å². The van der Waals surface area contributed by atoms with Crippen LogP contribution >= 0.6 is 15.9 Å². The molecule has 0 aliphatic rings. The fraction of sp³-hybridized carbons (Fsp3) is 0.150. The highest BCUT2D eigenvalue weighted by Gasteiger charge is 2.11. The van der Waals surface area contributed by atoms with Crippen LogP contribution in [-0.2, 0) is 20.9 Å². The van der Waals surface area contributed by atoms with Crippen molar-refractivity contribution in [2.45, 2.75) is 13.5 Å². The fourth-order valence-electron chi connectivity index (χ4n) is 2.53. The first-order valence-corrected chi connectivity index (χ1v) is 9.08. The number of carbonyl (C=O) groups is 2. The first-order chi connectivity index (χ1) is 13.4. The molecule has 0 radical (unpaired) electrons. The summed E-state index contributed by atoms with van der Waals surface area (Å²) in [5.41, 5.74) is 0.704. The molecule has 3 aromatic rings. The molecule has 0 aliphatic carbocycles. The number of halogens is 1. The maximum absolute atomic E-state index is 12.0. The predicted molar refractivity (Wildman–Crippen MR) is 106 cm³/mol. The Morgan fingerprint density at radius 3 is 2.71 bits per heavy atom. The number of amides is 1. The van der Waals surface area contributed by atoms with E-state index < -0.39 is 11.6 Å². The summed E-state index contributed by atoms with van der Waals surface area (Å²) >= 11 is 3.32. The minimum atomic E-state index is -0.580. The number of ether oxygens (including phenoxy) is 2. The number of nitrogens with one attached hydrogen (secondary N) is 1. The third kappa shape index (κ3) is 5.20. The lowest BCUT2D eigenvalue weighted by Gasteiger charge is -2.09. The van der Waals surface area contributed by atoms with Crippen LogP contribution in [0.5, 0.6) is 5.75 Å². The van der Waals surface area contributed by atoms with E-state index in [4.69, 9.17) is 13.9 Å². The average Bonchev–Trinajstić information content (AvgIpc) is 2.63. The molecule has 0 bridgehead atoms. The van der Waals surface area contributed by atoms with Crippen LogP contribution < -0.4 is 15.7 Å². The van der Waals surface area contributed by atoms with Gasteiger partial charge < -0.3 is 19.2 Å². The number of benzene rings is 2. The summed E-state index contributed by atoms with van der Waals surface area (Å²) in [5.74, 6) is -0.281. The molecule has 0 fully saturated rings. The van der Waals surface area contributed by atoms with Crippen molar-refractivity contribution in [3.05, 3.63) is 69.0 Å². The molecule has 1 N–H and O–H groups in total. The number of rotatable bonds is 6. The third-order valence-corrected chi connectivity index (χ3v) is 4.19. The zero-order valence-corrected chi connectivity index (χ0v) is 16.4. The van der Waals surface area contributed by atoms with Crippen LogP contribution in [0.3, 0.4) is 0 Å². The molecule has 3 rings (SSSR count). The Hall–Kier alpha value is -3.13. The minimum absolute atomic E-state index is 0.109. The lowest BCUT2D eigenvalue weighted by molar-refractivity contribution is -0.147. The molecule has 0 spiro atoms. The standard InChI is InChI=1S/C20H16BrNO6/c1-12(23)22-15-5-6-17-13(7-19(24)28-18(17)9-15)10-27-20(25)11-26-16-4-2-3-14(21)8-16/h2-9H,10-11H2,1H3,(H,22,23). The molecule has 8 heteroatoms. The molecular formula is C20H16BrNO6. The maximum atomic E-state index is 12.0. The van der Waals surface area contributed by atoms with E-state index in [1.54, 1.807) is 36.4 Å². The number of hydrogen-bond acceptors (Lipinski definition) is 6. The van der Waals surface area contributed by atoms with Crippen LogP contribution in [-0.4, -0.2) is 18.5 Å². The molecule has 0 saturated carbocycles. The van der Waals surface area contributed by atoms with E-state index in [2.05, 4.69) is 21.2 Å². The van der Waals surface area contributed by atoms with Gasteiger partial charge in [-0.15, -0.1) is 0 Å². The van der Waals surface area contributed by atoms with E-state index in [1.165, 1.54) is 13.0 Å². The van der Waals surface area contributed by atoms with Gasteiger partial charge in [-0.2, -0.15) is 0 Å². The zero-order chi connectivity index (χ0) is 20.1. The summed E-state index contributed by atoms with van der Waals surface area (Å²) in [6, 6.07) is 13.2. The molecule has 0 atom stereocenters. The maximum Gasteiger partial charge on any atom is 0.344 e. The van der Waals surface area contributed by atoms with Crippen LogP contribution in [0.1, 0.15) is 12.5 Å². The second kappa shape index (κ2) is 8.71. The first kappa shape index (κ1) is 19.6. The Morgan fingerprint density at radius 2 is 1.96 bits per heavy atom. The number of fused-ring (bicyclic) bond motifs is 1. The van der Waals surface area contributed by atoms with Crippen molar-refractivity contribution in [2.75, 3.05) is 11.9 Å². The van der Waals surface area contributed by atoms with Gasteiger partial charge in [-0.05, 0) is 30.3 Å². The van der Waals surface area contributed by atoms with Crippen LogP contribution in [0.4, 0.5) is 5.69 Å². The molecule has 2 aromatic carbocycles. The SMILES string of the molecule is CC(=O)Nc1ccc2c(COC(=O)COc3cccc(Br)c3)cc(=O)oc2c1. The molecule has 1 aromatic heterocycles. The summed E-state index contributed by atoms with van der Waals surface area (Å²) in [6.45, 7) is 1.01. The lowest BCUT2D eigenvalue weighted by atomic mass is 10.1. The van der Waals surface area contributed by atoms with Gasteiger partial charge in [0.2, 0.25) is 5.91 Å². The van der Waals surface area contributed by atoms with Gasteiger partial charge in [0.15, 0.2) is 6.61 Å². The zero-order valence-electron chi connectivity index (χ0n) is 14.9. The van der Waals surface area contributed by atoms with Crippen molar-refractivity contribution in [2.24, 2.45) is 0 Å². The Bertz CT molecular complexity index is 1090. The van der Waals surface area contributed by atoms with E-state index in [-0.39, 0.29) is 24.7 Å². The monoisotopic (exact) mass is 445 g/mol.